The van der Waals surface area contributed by atoms with Crippen molar-refractivity contribution in [2.75, 3.05) is 19.0 Å². The van der Waals surface area contributed by atoms with Gasteiger partial charge in [-0.15, -0.1) is 0 Å². The number of nitrogens with one attached hydrogen (secondary N) is 1. The number of anilines is 1. The molecule has 1 saturated carbocycles. The molecule has 1 amide bonds. The number of carboxylic acids is 1. The maximum absolute atomic E-state index is 12.4. The number of likely N-dealkylation sites (tertiary alicyclic amines) is 1. The second-order valence-corrected chi connectivity index (χ2v) is 7.38. The minimum absolute atomic E-state index is 0.125. The first kappa shape index (κ1) is 20.1. The van der Waals surface area contributed by atoms with Crippen LogP contribution in [0.1, 0.15) is 38.5 Å². The van der Waals surface area contributed by atoms with Gasteiger partial charge in [0.2, 0.25) is 5.91 Å². The molecule has 0 radical (unpaired) electrons. The van der Waals surface area contributed by atoms with Crippen LogP contribution in [0.25, 0.3) is 0 Å². The van der Waals surface area contributed by atoms with E-state index in [1.807, 2.05) is 4.90 Å². The van der Waals surface area contributed by atoms with E-state index in [2.05, 4.69) is 5.32 Å². The van der Waals surface area contributed by atoms with Gasteiger partial charge in [0.25, 0.3) is 5.69 Å². The molecule has 1 aliphatic heterocycles. The highest BCUT2D eigenvalue weighted by atomic mass is 16.6. The quantitative estimate of drug-likeness (QED) is 0.541. The summed E-state index contributed by atoms with van der Waals surface area (Å²) >= 11 is 0. The fraction of sp³-hybridized carbons (Fsp3) is 0.579. The zero-order valence-corrected chi connectivity index (χ0v) is 15.8. The van der Waals surface area contributed by atoms with Gasteiger partial charge >= 0.3 is 5.97 Å². The highest BCUT2D eigenvalue weighted by molar-refractivity contribution is 5.92. The Morgan fingerprint density at radius 2 is 2.11 bits per heavy atom. The molecule has 2 aliphatic rings. The number of benzene rings is 1. The Balaban J connectivity index is 1.63. The number of ether oxygens (including phenoxy) is 1. The highest BCUT2D eigenvalue weighted by Crippen LogP contribution is 2.39. The molecule has 9 heteroatoms. The molecular formula is C19H25N3O6. The van der Waals surface area contributed by atoms with Gasteiger partial charge in [-0.3, -0.25) is 24.6 Å². The molecule has 28 heavy (non-hydrogen) atoms. The number of carboxylic acid groups (broad SMARTS) is 1. The average Bonchev–Trinajstić information content (AvgIpc) is 3.05. The molecular weight excluding hydrogens is 366 g/mol. The van der Waals surface area contributed by atoms with Crippen LogP contribution in [0.5, 0.6) is 5.75 Å². The van der Waals surface area contributed by atoms with Gasteiger partial charge in [-0.1, -0.05) is 12.8 Å². The van der Waals surface area contributed by atoms with Gasteiger partial charge in [0.05, 0.1) is 23.8 Å². The van der Waals surface area contributed by atoms with Gasteiger partial charge in [-0.05, 0) is 31.2 Å². The van der Waals surface area contributed by atoms with E-state index in [-0.39, 0.29) is 29.8 Å². The van der Waals surface area contributed by atoms with Gasteiger partial charge in [-0.2, -0.15) is 0 Å². The zero-order chi connectivity index (χ0) is 20.3. The van der Waals surface area contributed by atoms with E-state index in [4.69, 9.17) is 4.74 Å². The maximum Gasteiger partial charge on any atom is 0.320 e. The number of carbonyl (C=O) groups excluding carboxylic acids is 1. The number of hydrogen-bond donors (Lipinski definition) is 2. The topological polar surface area (TPSA) is 122 Å². The van der Waals surface area contributed by atoms with Crippen molar-refractivity contribution in [3.05, 3.63) is 28.3 Å². The van der Waals surface area contributed by atoms with E-state index in [1.165, 1.54) is 25.3 Å². The number of amides is 1. The predicted molar refractivity (Wildman–Crippen MR) is 101 cm³/mol. The van der Waals surface area contributed by atoms with Crippen LogP contribution in [0.15, 0.2) is 18.2 Å². The molecule has 2 fully saturated rings. The molecule has 1 aromatic rings. The number of nitro groups is 1. The fourth-order valence-corrected chi connectivity index (χ4v) is 4.46. The summed E-state index contributed by atoms with van der Waals surface area (Å²) in [6, 6.07) is 3.68. The van der Waals surface area contributed by atoms with Crippen LogP contribution in [0, 0.1) is 16.0 Å². The first-order chi connectivity index (χ1) is 13.4. The molecule has 1 aliphatic carbocycles. The van der Waals surface area contributed by atoms with Crippen molar-refractivity contribution in [1.29, 1.82) is 0 Å². The summed E-state index contributed by atoms with van der Waals surface area (Å²) in [6.45, 7) is 0.374. The number of carbonyl (C=O) groups is 2. The summed E-state index contributed by atoms with van der Waals surface area (Å²) in [5, 5.41) is 23.1. The summed E-state index contributed by atoms with van der Waals surface area (Å²) < 4.78 is 5.13. The SMILES string of the molecule is COc1cc([N+](=O)[O-])ccc1NC(=O)CCN1C(C(=O)O)CC2CCCCC21. The van der Waals surface area contributed by atoms with Crippen LogP contribution >= 0.6 is 0 Å². The monoisotopic (exact) mass is 391 g/mol. The molecule has 1 saturated heterocycles. The smallest absolute Gasteiger partial charge is 0.320 e. The lowest BCUT2D eigenvalue weighted by Gasteiger charge is -2.32. The van der Waals surface area contributed by atoms with E-state index in [0.29, 0.717) is 24.6 Å². The standard InChI is InChI=1S/C19H25N3O6/c1-28-17-11-13(22(26)27)6-7-14(17)20-18(23)8-9-21-15-5-3-2-4-12(15)10-16(21)19(24)25/h6-7,11-12,15-16H,2-5,8-10H2,1H3,(H,20,23)(H,24,25). The van der Waals surface area contributed by atoms with Crippen molar-refractivity contribution in [3.8, 4) is 5.75 Å². The molecule has 1 aromatic carbocycles. The lowest BCUT2D eigenvalue weighted by molar-refractivity contribution is -0.384. The summed E-state index contributed by atoms with van der Waals surface area (Å²) in [5.74, 6) is -0.505. The number of fused-ring (bicyclic) bond motifs is 1. The third-order valence-corrected chi connectivity index (χ3v) is 5.77. The summed E-state index contributed by atoms with van der Waals surface area (Å²) in [4.78, 5) is 36.4. The van der Waals surface area contributed by atoms with E-state index < -0.39 is 16.9 Å². The van der Waals surface area contributed by atoms with Gasteiger partial charge in [0.1, 0.15) is 11.8 Å². The van der Waals surface area contributed by atoms with Gasteiger partial charge in [-0.25, -0.2) is 0 Å². The Kier molecular flexibility index (Phi) is 6.13. The molecule has 3 rings (SSSR count). The van der Waals surface area contributed by atoms with Gasteiger partial charge < -0.3 is 15.2 Å². The van der Waals surface area contributed by atoms with Crippen molar-refractivity contribution in [3.63, 3.8) is 0 Å². The number of hydrogen-bond acceptors (Lipinski definition) is 6. The lowest BCUT2D eigenvalue weighted by Crippen LogP contribution is -2.43. The van der Waals surface area contributed by atoms with Crippen molar-refractivity contribution < 1.29 is 24.4 Å². The van der Waals surface area contributed by atoms with E-state index in [9.17, 15) is 24.8 Å². The van der Waals surface area contributed by atoms with Crippen LogP contribution in [0.2, 0.25) is 0 Å². The zero-order valence-electron chi connectivity index (χ0n) is 15.8. The Hall–Kier alpha value is -2.68. The second kappa shape index (κ2) is 8.55. The van der Waals surface area contributed by atoms with Crippen LogP contribution < -0.4 is 10.1 Å². The summed E-state index contributed by atoms with van der Waals surface area (Å²) in [6.07, 6.45) is 5.06. The van der Waals surface area contributed by atoms with Crippen LogP contribution in [0.4, 0.5) is 11.4 Å². The Morgan fingerprint density at radius 3 is 2.79 bits per heavy atom. The van der Waals surface area contributed by atoms with Gasteiger partial charge in [0, 0.05) is 25.1 Å². The molecule has 0 spiro atoms. The molecule has 152 valence electrons. The summed E-state index contributed by atoms with van der Waals surface area (Å²) in [5.41, 5.74) is 0.226. The normalized spacial score (nSPS) is 24.4. The Morgan fingerprint density at radius 1 is 1.36 bits per heavy atom. The fourth-order valence-electron chi connectivity index (χ4n) is 4.46. The largest absolute Gasteiger partial charge is 0.494 e. The molecule has 3 unspecified atom stereocenters. The molecule has 2 N–H and O–H groups in total. The van der Waals surface area contributed by atoms with E-state index in [0.717, 1.165) is 25.7 Å². The Labute approximate surface area is 162 Å². The first-order valence-electron chi connectivity index (χ1n) is 9.51. The van der Waals surface area contributed by atoms with Crippen molar-refractivity contribution >= 4 is 23.3 Å². The molecule has 9 nitrogen and oxygen atoms in total. The number of methoxy groups -OCH3 is 1. The number of nitro benzene ring substituents is 1. The molecule has 3 atom stereocenters. The third-order valence-electron chi connectivity index (χ3n) is 5.77. The number of aliphatic carboxylic acids is 1. The van der Waals surface area contributed by atoms with Crippen LogP contribution in [0.3, 0.4) is 0 Å². The van der Waals surface area contributed by atoms with Crippen LogP contribution in [-0.2, 0) is 9.59 Å². The predicted octanol–water partition coefficient (Wildman–Crippen LogP) is 2.65. The van der Waals surface area contributed by atoms with Gasteiger partial charge in [0.15, 0.2) is 0 Å². The molecule has 0 aromatic heterocycles. The minimum atomic E-state index is -0.827. The van der Waals surface area contributed by atoms with Crippen LogP contribution in [-0.4, -0.2) is 52.5 Å². The lowest BCUT2D eigenvalue weighted by atomic mass is 9.85. The minimum Gasteiger partial charge on any atom is -0.494 e. The second-order valence-electron chi connectivity index (χ2n) is 7.38. The first-order valence-corrected chi connectivity index (χ1v) is 9.51. The number of nitrogens with zero attached hydrogens (tertiary/aromatic N) is 2. The Bertz CT molecular complexity index is 768. The molecule has 1 heterocycles. The average molecular weight is 391 g/mol. The number of rotatable bonds is 7. The van der Waals surface area contributed by atoms with Crippen molar-refractivity contribution in [2.24, 2.45) is 5.92 Å². The van der Waals surface area contributed by atoms with E-state index >= 15 is 0 Å². The molecule has 0 bridgehead atoms. The highest BCUT2D eigenvalue weighted by Gasteiger charge is 2.44. The maximum atomic E-state index is 12.4. The van der Waals surface area contributed by atoms with Crippen molar-refractivity contribution in [1.82, 2.24) is 4.90 Å². The number of non-ortho nitro benzene ring substituents is 1. The van der Waals surface area contributed by atoms with E-state index in [1.54, 1.807) is 0 Å². The summed E-state index contributed by atoms with van der Waals surface area (Å²) in [7, 11) is 1.37. The van der Waals surface area contributed by atoms with Crippen molar-refractivity contribution in [2.45, 2.75) is 50.6 Å². The third kappa shape index (κ3) is 4.24.